The van der Waals surface area contributed by atoms with Crippen LogP contribution in [0, 0.1) is 3.57 Å². The molecule has 0 atom stereocenters. The maximum absolute atomic E-state index is 11.9. The minimum Gasteiger partial charge on any atom is -0.457 e. The summed E-state index contributed by atoms with van der Waals surface area (Å²) in [5.74, 6) is -0.404. The van der Waals surface area contributed by atoms with Gasteiger partial charge in [-0.3, -0.25) is 0 Å². The van der Waals surface area contributed by atoms with Crippen molar-refractivity contribution in [3.8, 4) is 0 Å². The fourth-order valence-electron chi connectivity index (χ4n) is 1.51. The van der Waals surface area contributed by atoms with Gasteiger partial charge in [-0.25, -0.2) is 4.79 Å². The monoisotopic (exact) mass is 431 g/mol. The lowest BCUT2D eigenvalue weighted by molar-refractivity contribution is 0.0474. The fraction of sp³-hybridized carbons (Fsp3) is 0.0714. The van der Waals surface area contributed by atoms with Gasteiger partial charge in [0.05, 0.1) is 5.56 Å². The second-order valence-electron chi connectivity index (χ2n) is 3.93. The predicted molar refractivity (Wildman–Crippen MR) is 86.8 cm³/mol. The van der Waals surface area contributed by atoms with Crippen LogP contribution in [-0.2, 0) is 11.3 Å². The molecule has 0 radical (unpaired) electrons. The number of carbonyl (C=O) groups is 1. The summed E-state index contributed by atoms with van der Waals surface area (Å²) >= 11 is 5.49. The van der Waals surface area contributed by atoms with Gasteiger partial charge in [0, 0.05) is 13.7 Å². The standard InChI is InChI=1S/C14H11BrINO2/c15-10-3-1-9(2-4-10)8-19-14(18)12-7-11(16)5-6-13(12)17/h1-7H,8,17H2. The zero-order chi connectivity index (χ0) is 13.8. The highest BCUT2D eigenvalue weighted by Crippen LogP contribution is 2.18. The Morgan fingerprint density at radius 2 is 1.89 bits per heavy atom. The minimum absolute atomic E-state index is 0.233. The Bertz CT molecular complexity index is 599. The summed E-state index contributed by atoms with van der Waals surface area (Å²) in [6, 6.07) is 12.9. The van der Waals surface area contributed by atoms with E-state index in [1.165, 1.54) is 0 Å². The quantitative estimate of drug-likeness (QED) is 0.454. The summed E-state index contributed by atoms with van der Waals surface area (Å²) in [4.78, 5) is 11.9. The molecule has 98 valence electrons. The molecule has 0 bridgehead atoms. The SMILES string of the molecule is Nc1ccc(I)cc1C(=O)OCc1ccc(Br)cc1. The molecule has 5 heteroatoms. The first-order valence-electron chi connectivity index (χ1n) is 5.53. The molecule has 0 aliphatic carbocycles. The maximum atomic E-state index is 11.9. The second-order valence-corrected chi connectivity index (χ2v) is 6.10. The third kappa shape index (κ3) is 3.94. The first-order chi connectivity index (χ1) is 9.06. The number of rotatable bonds is 3. The van der Waals surface area contributed by atoms with Crippen molar-refractivity contribution in [3.63, 3.8) is 0 Å². The molecule has 19 heavy (non-hydrogen) atoms. The van der Waals surface area contributed by atoms with Gasteiger partial charge in [0.25, 0.3) is 0 Å². The molecule has 0 spiro atoms. The van der Waals surface area contributed by atoms with Crippen molar-refractivity contribution in [1.82, 2.24) is 0 Å². The van der Waals surface area contributed by atoms with Crippen LogP contribution in [0.1, 0.15) is 15.9 Å². The van der Waals surface area contributed by atoms with E-state index in [1.54, 1.807) is 12.1 Å². The van der Waals surface area contributed by atoms with Gasteiger partial charge in [-0.15, -0.1) is 0 Å². The second kappa shape index (κ2) is 6.38. The summed E-state index contributed by atoms with van der Waals surface area (Å²) in [5, 5.41) is 0. The van der Waals surface area contributed by atoms with Gasteiger partial charge >= 0.3 is 5.97 Å². The Hall–Kier alpha value is -1.08. The number of esters is 1. The van der Waals surface area contributed by atoms with Crippen LogP contribution >= 0.6 is 38.5 Å². The number of benzene rings is 2. The van der Waals surface area contributed by atoms with Gasteiger partial charge in [-0.1, -0.05) is 28.1 Å². The van der Waals surface area contributed by atoms with E-state index in [1.807, 2.05) is 30.3 Å². The minimum atomic E-state index is -0.404. The van der Waals surface area contributed by atoms with Crippen LogP contribution in [0.25, 0.3) is 0 Å². The van der Waals surface area contributed by atoms with Crippen LogP contribution in [0.15, 0.2) is 46.9 Å². The van der Waals surface area contributed by atoms with Crippen LogP contribution in [0.4, 0.5) is 5.69 Å². The van der Waals surface area contributed by atoms with E-state index < -0.39 is 5.97 Å². The van der Waals surface area contributed by atoms with Gasteiger partial charge in [0.2, 0.25) is 0 Å². The lowest BCUT2D eigenvalue weighted by Crippen LogP contribution is -2.08. The van der Waals surface area contributed by atoms with E-state index in [0.717, 1.165) is 13.6 Å². The summed E-state index contributed by atoms with van der Waals surface area (Å²) < 4.78 is 7.19. The van der Waals surface area contributed by atoms with Gasteiger partial charge in [0.15, 0.2) is 0 Å². The van der Waals surface area contributed by atoms with Crippen LogP contribution in [-0.4, -0.2) is 5.97 Å². The Morgan fingerprint density at radius 1 is 1.21 bits per heavy atom. The van der Waals surface area contributed by atoms with E-state index in [4.69, 9.17) is 10.5 Å². The van der Waals surface area contributed by atoms with Crippen molar-refractivity contribution in [2.45, 2.75) is 6.61 Å². The Kier molecular flexibility index (Phi) is 4.81. The summed E-state index contributed by atoms with van der Waals surface area (Å²) in [7, 11) is 0. The number of carbonyl (C=O) groups excluding carboxylic acids is 1. The third-order valence-electron chi connectivity index (χ3n) is 2.52. The van der Waals surface area contributed by atoms with Gasteiger partial charge < -0.3 is 10.5 Å². The number of anilines is 1. The van der Waals surface area contributed by atoms with Crippen molar-refractivity contribution >= 4 is 50.2 Å². The van der Waals surface area contributed by atoms with Gasteiger partial charge in [0.1, 0.15) is 6.61 Å². The molecule has 0 saturated heterocycles. The zero-order valence-corrected chi connectivity index (χ0v) is 13.6. The molecule has 2 aromatic carbocycles. The van der Waals surface area contributed by atoms with Crippen LogP contribution in [0.5, 0.6) is 0 Å². The number of nitrogens with two attached hydrogens (primary N) is 1. The van der Waals surface area contributed by atoms with Crippen molar-refractivity contribution < 1.29 is 9.53 Å². The highest BCUT2D eigenvalue weighted by atomic mass is 127. The number of halogens is 2. The lowest BCUT2D eigenvalue weighted by atomic mass is 10.2. The molecule has 0 aromatic heterocycles. The lowest BCUT2D eigenvalue weighted by Gasteiger charge is -2.07. The molecular formula is C14H11BrINO2. The van der Waals surface area contributed by atoms with Crippen molar-refractivity contribution in [2.24, 2.45) is 0 Å². The highest BCUT2D eigenvalue weighted by Gasteiger charge is 2.11. The van der Waals surface area contributed by atoms with E-state index >= 15 is 0 Å². The van der Waals surface area contributed by atoms with E-state index in [2.05, 4.69) is 38.5 Å². The van der Waals surface area contributed by atoms with E-state index in [9.17, 15) is 4.79 Å². The smallest absolute Gasteiger partial charge is 0.340 e. The van der Waals surface area contributed by atoms with Gasteiger partial charge in [-0.2, -0.15) is 0 Å². The molecule has 2 N–H and O–H groups in total. The maximum Gasteiger partial charge on any atom is 0.340 e. The van der Waals surface area contributed by atoms with Gasteiger partial charge in [-0.05, 0) is 58.5 Å². The molecule has 0 unspecified atom stereocenters. The first kappa shape index (κ1) is 14.3. The van der Waals surface area contributed by atoms with Crippen molar-refractivity contribution in [3.05, 3.63) is 61.6 Å². The van der Waals surface area contributed by atoms with Crippen LogP contribution < -0.4 is 5.73 Å². The van der Waals surface area contributed by atoms with Crippen molar-refractivity contribution in [2.75, 3.05) is 5.73 Å². The predicted octanol–water partition coefficient (Wildman–Crippen LogP) is 3.99. The first-order valence-corrected chi connectivity index (χ1v) is 7.40. The summed E-state index contributed by atoms with van der Waals surface area (Å²) in [6.07, 6.45) is 0. The number of hydrogen-bond donors (Lipinski definition) is 1. The molecule has 0 saturated carbocycles. The third-order valence-corrected chi connectivity index (χ3v) is 3.72. The average Bonchev–Trinajstić information content (AvgIpc) is 2.40. The molecule has 0 fully saturated rings. The van der Waals surface area contributed by atoms with Crippen LogP contribution in [0.2, 0.25) is 0 Å². The molecule has 0 heterocycles. The molecule has 0 amide bonds. The summed E-state index contributed by atoms with van der Waals surface area (Å²) in [5.41, 5.74) is 7.54. The molecular weight excluding hydrogens is 421 g/mol. The van der Waals surface area contributed by atoms with E-state index in [0.29, 0.717) is 11.3 Å². The molecule has 2 aromatic rings. The molecule has 2 rings (SSSR count). The fourth-order valence-corrected chi connectivity index (χ4v) is 2.27. The van der Waals surface area contributed by atoms with E-state index in [-0.39, 0.29) is 6.61 Å². The molecule has 0 aliphatic rings. The highest BCUT2D eigenvalue weighted by molar-refractivity contribution is 14.1. The summed E-state index contributed by atoms with van der Waals surface area (Å²) in [6.45, 7) is 0.233. The normalized spacial score (nSPS) is 10.2. The number of ether oxygens (including phenoxy) is 1. The topological polar surface area (TPSA) is 52.3 Å². The zero-order valence-electron chi connectivity index (χ0n) is 9.90. The number of nitrogen functional groups attached to an aromatic ring is 1. The van der Waals surface area contributed by atoms with Crippen LogP contribution in [0.3, 0.4) is 0 Å². The Labute approximate surface area is 133 Å². The Balaban J connectivity index is 2.05. The molecule has 3 nitrogen and oxygen atoms in total. The largest absolute Gasteiger partial charge is 0.457 e. The molecule has 0 aliphatic heterocycles. The van der Waals surface area contributed by atoms with Crippen molar-refractivity contribution in [1.29, 1.82) is 0 Å². The average molecular weight is 432 g/mol. The Morgan fingerprint density at radius 3 is 2.58 bits per heavy atom. The number of hydrogen-bond acceptors (Lipinski definition) is 3.